The van der Waals surface area contributed by atoms with E-state index in [9.17, 15) is 4.79 Å². The zero-order valence-electron chi connectivity index (χ0n) is 12.6. The molecule has 3 rings (SSSR count). The maximum absolute atomic E-state index is 12.1. The Kier molecular flexibility index (Phi) is 3.79. The van der Waals surface area contributed by atoms with Crippen molar-refractivity contribution in [1.82, 2.24) is 0 Å². The average molecular weight is 291 g/mol. The van der Waals surface area contributed by atoms with Gasteiger partial charge in [0.05, 0.1) is 5.69 Å². The lowest BCUT2D eigenvalue weighted by atomic mass is 10.1. The lowest BCUT2D eigenvalue weighted by molar-refractivity contribution is 0.215. The third-order valence-corrected chi connectivity index (χ3v) is 3.72. The highest BCUT2D eigenvalue weighted by Crippen LogP contribution is 2.23. The molecule has 0 aliphatic rings. The minimum atomic E-state index is -0.486. The number of amides is 1. The van der Waals surface area contributed by atoms with E-state index in [1.54, 1.807) is 6.07 Å². The fourth-order valence-electron chi connectivity index (χ4n) is 2.35. The van der Waals surface area contributed by atoms with Gasteiger partial charge in [-0.25, -0.2) is 4.79 Å². The molecule has 0 radical (unpaired) electrons. The molecule has 0 saturated carbocycles. The number of carbonyl (C=O) groups excluding carboxylic acids is 1. The van der Waals surface area contributed by atoms with Gasteiger partial charge in [-0.2, -0.15) is 0 Å². The molecule has 1 amide bonds. The van der Waals surface area contributed by atoms with Gasteiger partial charge in [-0.3, -0.25) is 5.32 Å². The Morgan fingerprint density at radius 1 is 0.909 bits per heavy atom. The van der Waals surface area contributed by atoms with Gasteiger partial charge in [-0.1, -0.05) is 42.5 Å². The predicted octanol–water partition coefficient (Wildman–Crippen LogP) is 5.07. The molecule has 3 nitrogen and oxygen atoms in total. The summed E-state index contributed by atoms with van der Waals surface area (Å²) in [6, 6.07) is 19.3. The molecule has 0 atom stereocenters. The fraction of sp³-hybridized carbons (Fsp3) is 0.105. The number of anilines is 1. The lowest BCUT2D eigenvalue weighted by Gasteiger charge is -2.10. The van der Waals surface area contributed by atoms with Crippen molar-refractivity contribution in [2.45, 2.75) is 13.8 Å². The van der Waals surface area contributed by atoms with Crippen molar-refractivity contribution in [2.24, 2.45) is 0 Å². The molecule has 0 aromatic heterocycles. The summed E-state index contributed by atoms with van der Waals surface area (Å²) < 4.78 is 5.35. The third-order valence-electron chi connectivity index (χ3n) is 3.72. The van der Waals surface area contributed by atoms with E-state index in [1.807, 2.05) is 68.4 Å². The van der Waals surface area contributed by atoms with Crippen LogP contribution in [0.5, 0.6) is 5.75 Å². The number of benzene rings is 3. The van der Waals surface area contributed by atoms with Gasteiger partial charge in [0.15, 0.2) is 0 Å². The highest BCUT2D eigenvalue weighted by atomic mass is 16.6. The zero-order chi connectivity index (χ0) is 15.5. The van der Waals surface area contributed by atoms with E-state index in [-0.39, 0.29) is 0 Å². The monoisotopic (exact) mass is 291 g/mol. The predicted molar refractivity (Wildman–Crippen MR) is 89.5 cm³/mol. The van der Waals surface area contributed by atoms with Gasteiger partial charge in [0.25, 0.3) is 0 Å². The largest absolute Gasteiger partial charge is 0.417 e. The number of fused-ring (bicyclic) bond motifs is 1. The quantitative estimate of drug-likeness (QED) is 0.716. The van der Waals surface area contributed by atoms with Crippen LogP contribution in [0.15, 0.2) is 60.7 Å². The molecule has 3 aromatic rings. The smallest absolute Gasteiger partial charge is 0.410 e. The Balaban J connectivity index is 1.80. The van der Waals surface area contributed by atoms with E-state index in [0.717, 1.165) is 22.0 Å². The molecule has 22 heavy (non-hydrogen) atoms. The Hall–Kier alpha value is -2.81. The van der Waals surface area contributed by atoms with E-state index < -0.39 is 6.09 Å². The van der Waals surface area contributed by atoms with Gasteiger partial charge in [0, 0.05) is 5.39 Å². The van der Waals surface area contributed by atoms with E-state index in [4.69, 9.17) is 4.74 Å². The van der Waals surface area contributed by atoms with Crippen LogP contribution in [-0.4, -0.2) is 6.09 Å². The molecular weight excluding hydrogens is 274 g/mol. The normalized spacial score (nSPS) is 10.5. The first-order valence-electron chi connectivity index (χ1n) is 7.17. The summed E-state index contributed by atoms with van der Waals surface area (Å²) in [5, 5.41) is 4.87. The van der Waals surface area contributed by atoms with Gasteiger partial charge in [-0.15, -0.1) is 0 Å². The molecule has 0 bridgehead atoms. The molecule has 0 fully saturated rings. The van der Waals surface area contributed by atoms with Gasteiger partial charge < -0.3 is 4.74 Å². The highest BCUT2D eigenvalue weighted by Gasteiger charge is 2.08. The minimum absolute atomic E-state index is 0.486. The number of hydrogen-bond donors (Lipinski definition) is 1. The SMILES string of the molecule is Cc1ccc(OC(=O)Nc2cccc3ccccc23)cc1C. The van der Waals surface area contributed by atoms with Crippen molar-refractivity contribution in [1.29, 1.82) is 0 Å². The molecule has 0 unspecified atom stereocenters. The summed E-state index contributed by atoms with van der Waals surface area (Å²) in [6.07, 6.45) is -0.486. The number of nitrogens with one attached hydrogen (secondary N) is 1. The number of aryl methyl sites for hydroxylation is 2. The Morgan fingerprint density at radius 2 is 1.68 bits per heavy atom. The molecule has 0 saturated heterocycles. The first-order chi connectivity index (χ1) is 10.6. The summed E-state index contributed by atoms with van der Waals surface area (Å²) in [5.74, 6) is 0.542. The number of rotatable bonds is 2. The van der Waals surface area contributed by atoms with Gasteiger partial charge in [-0.05, 0) is 48.6 Å². The van der Waals surface area contributed by atoms with Crippen LogP contribution in [0, 0.1) is 13.8 Å². The molecule has 1 N–H and O–H groups in total. The van der Waals surface area contributed by atoms with Crippen LogP contribution in [0.1, 0.15) is 11.1 Å². The van der Waals surface area contributed by atoms with Crippen molar-refractivity contribution in [2.75, 3.05) is 5.32 Å². The topological polar surface area (TPSA) is 38.3 Å². The van der Waals surface area contributed by atoms with Gasteiger partial charge in [0.2, 0.25) is 0 Å². The van der Waals surface area contributed by atoms with E-state index in [2.05, 4.69) is 5.32 Å². The van der Waals surface area contributed by atoms with Gasteiger partial charge >= 0.3 is 6.09 Å². The molecule has 0 aliphatic heterocycles. The molecule has 3 aromatic carbocycles. The average Bonchev–Trinajstić information content (AvgIpc) is 2.51. The van der Waals surface area contributed by atoms with Crippen molar-refractivity contribution in [3.05, 3.63) is 71.8 Å². The van der Waals surface area contributed by atoms with Crippen LogP contribution in [0.3, 0.4) is 0 Å². The first kappa shape index (κ1) is 14.1. The van der Waals surface area contributed by atoms with Crippen LogP contribution < -0.4 is 10.1 Å². The fourth-order valence-corrected chi connectivity index (χ4v) is 2.35. The summed E-state index contributed by atoms with van der Waals surface area (Å²) in [5.41, 5.74) is 3.00. The standard InChI is InChI=1S/C19H17NO2/c1-13-10-11-16(12-14(13)2)22-19(21)20-18-9-5-7-15-6-3-4-8-17(15)18/h3-12H,1-2H3,(H,20,21). The second kappa shape index (κ2) is 5.90. The van der Waals surface area contributed by atoms with Gasteiger partial charge in [0.1, 0.15) is 5.75 Å². The summed E-state index contributed by atoms with van der Waals surface area (Å²) in [6.45, 7) is 4.01. The first-order valence-corrected chi connectivity index (χ1v) is 7.17. The number of carbonyl (C=O) groups is 1. The van der Waals surface area contributed by atoms with Crippen LogP contribution in [0.4, 0.5) is 10.5 Å². The summed E-state index contributed by atoms with van der Waals surface area (Å²) in [4.78, 5) is 12.1. The number of ether oxygens (including phenoxy) is 1. The van der Waals surface area contributed by atoms with Crippen molar-refractivity contribution in [3.63, 3.8) is 0 Å². The highest BCUT2D eigenvalue weighted by molar-refractivity contribution is 6.00. The van der Waals surface area contributed by atoms with Crippen LogP contribution in [-0.2, 0) is 0 Å². The maximum Gasteiger partial charge on any atom is 0.417 e. The Bertz CT molecular complexity index is 834. The number of hydrogen-bond acceptors (Lipinski definition) is 2. The maximum atomic E-state index is 12.1. The van der Waals surface area contributed by atoms with Crippen LogP contribution >= 0.6 is 0 Å². The summed E-state index contributed by atoms with van der Waals surface area (Å²) in [7, 11) is 0. The third kappa shape index (κ3) is 2.93. The molecular formula is C19H17NO2. The van der Waals surface area contributed by atoms with E-state index >= 15 is 0 Å². The Labute approximate surface area is 129 Å². The molecule has 0 aliphatic carbocycles. The van der Waals surface area contributed by atoms with Crippen LogP contribution in [0.25, 0.3) is 10.8 Å². The Morgan fingerprint density at radius 3 is 2.50 bits per heavy atom. The lowest BCUT2D eigenvalue weighted by Crippen LogP contribution is -2.17. The molecule has 110 valence electrons. The van der Waals surface area contributed by atoms with Crippen molar-refractivity contribution < 1.29 is 9.53 Å². The minimum Gasteiger partial charge on any atom is -0.410 e. The van der Waals surface area contributed by atoms with E-state index in [0.29, 0.717) is 5.75 Å². The molecule has 0 spiro atoms. The molecule has 3 heteroatoms. The second-order valence-electron chi connectivity index (χ2n) is 5.29. The van der Waals surface area contributed by atoms with E-state index in [1.165, 1.54) is 5.56 Å². The van der Waals surface area contributed by atoms with Crippen LogP contribution in [0.2, 0.25) is 0 Å². The van der Waals surface area contributed by atoms with Crippen molar-refractivity contribution >= 4 is 22.6 Å². The zero-order valence-corrected chi connectivity index (χ0v) is 12.6. The summed E-state index contributed by atoms with van der Waals surface area (Å²) >= 11 is 0. The second-order valence-corrected chi connectivity index (χ2v) is 5.29. The van der Waals surface area contributed by atoms with Crippen molar-refractivity contribution in [3.8, 4) is 5.75 Å². The molecule has 0 heterocycles.